The van der Waals surface area contributed by atoms with Gasteiger partial charge >= 0.3 is 11.6 Å². The van der Waals surface area contributed by atoms with Crippen LogP contribution >= 0.6 is 0 Å². The Morgan fingerprint density at radius 2 is 1.88 bits per heavy atom. The second-order valence-electron chi connectivity index (χ2n) is 6.00. The van der Waals surface area contributed by atoms with Crippen molar-refractivity contribution in [3.63, 3.8) is 0 Å². The normalized spacial score (nSPS) is 11.3. The van der Waals surface area contributed by atoms with E-state index in [1.54, 1.807) is 13.2 Å². The summed E-state index contributed by atoms with van der Waals surface area (Å²) in [5.41, 5.74) is 2.68. The van der Waals surface area contributed by atoms with Crippen molar-refractivity contribution in [3.05, 3.63) is 63.5 Å². The minimum atomic E-state index is -0.404. The van der Waals surface area contributed by atoms with Crippen molar-refractivity contribution in [2.24, 2.45) is 0 Å². The largest absolute Gasteiger partial charge is 0.496 e. The summed E-state index contributed by atoms with van der Waals surface area (Å²) in [5.74, 6) is 0.286. The molecule has 0 saturated heterocycles. The maximum absolute atomic E-state index is 11.6. The first-order chi connectivity index (χ1) is 11.9. The summed E-state index contributed by atoms with van der Waals surface area (Å²) in [6.07, 6.45) is 3.88. The standard InChI is InChI=1S/C20H22O5/c1-13(2)11-19(22)24-12-14(3)5-8-16-17(23-4)9-6-15-7-10-18(21)25-20(15)16/h5-7,9-11H,8,12H2,1-4H3/b14-5-. The Kier molecular flexibility index (Phi) is 6.17. The number of carbonyl (C=O) groups excluding carboxylic acids is 1. The van der Waals surface area contributed by atoms with E-state index in [0.717, 1.165) is 22.1 Å². The molecule has 0 atom stereocenters. The van der Waals surface area contributed by atoms with Crippen molar-refractivity contribution in [2.75, 3.05) is 13.7 Å². The summed E-state index contributed by atoms with van der Waals surface area (Å²) in [4.78, 5) is 23.1. The van der Waals surface area contributed by atoms with Crippen molar-refractivity contribution in [1.82, 2.24) is 0 Å². The average molecular weight is 342 g/mol. The molecule has 0 aliphatic rings. The highest BCUT2D eigenvalue weighted by Gasteiger charge is 2.10. The van der Waals surface area contributed by atoms with Gasteiger partial charge in [0.25, 0.3) is 0 Å². The number of allylic oxidation sites excluding steroid dienone is 2. The molecule has 0 unspecified atom stereocenters. The Morgan fingerprint density at radius 3 is 2.56 bits per heavy atom. The Bertz CT molecular complexity index is 883. The van der Waals surface area contributed by atoms with Gasteiger partial charge in [-0.15, -0.1) is 0 Å². The van der Waals surface area contributed by atoms with Gasteiger partial charge in [-0.2, -0.15) is 0 Å². The third-order valence-electron chi connectivity index (χ3n) is 3.57. The first kappa shape index (κ1) is 18.5. The zero-order valence-corrected chi connectivity index (χ0v) is 14.9. The van der Waals surface area contributed by atoms with Crippen LogP contribution in [-0.4, -0.2) is 19.7 Å². The van der Waals surface area contributed by atoms with Crippen LogP contribution in [0.5, 0.6) is 5.75 Å². The monoisotopic (exact) mass is 342 g/mol. The van der Waals surface area contributed by atoms with Crippen LogP contribution in [0.25, 0.3) is 11.0 Å². The Morgan fingerprint density at radius 1 is 1.16 bits per heavy atom. The van der Waals surface area contributed by atoms with Gasteiger partial charge in [0.15, 0.2) is 0 Å². The van der Waals surface area contributed by atoms with E-state index < -0.39 is 5.63 Å². The van der Waals surface area contributed by atoms with E-state index in [-0.39, 0.29) is 12.6 Å². The first-order valence-electron chi connectivity index (χ1n) is 7.97. The summed E-state index contributed by atoms with van der Waals surface area (Å²) in [6.45, 7) is 5.76. The Balaban J connectivity index is 2.21. The SMILES string of the molecule is COc1ccc2ccc(=O)oc2c1C/C=C(/C)COC(=O)C=C(C)C. The molecule has 1 aromatic carbocycles. The molecule has 25 heavy (non-hydrogen) atoms. The molecule has 0 radical (unpaired) electrons. The number of hydrogen-bond donors (Lipinski definition) is 0. The molecule has 1 aromatic heterocycles. The van der Waals surface area contributed by atoms with Crippen LogP contribution in [0.1, 0.15) is 26.3 Å². The minimum Gasteiger partial charge on any atom is -0.496 e. The van der Waals surface area contributed by atoms with E-state index >= 15 is 0 Å². The molecule has 132 valence electrons. The molecule has 2 aromatic rings. The fourth-order valence-corrected chi connectivity index (χ4v) is 2.35. The third kappa shape index (κ3) is 5.08. The predicted molar refractivity (Wildman–Crippen MR) is 96.9 cm³/mol. The van der Waals surface area contributed by atoms with Gasteiger partial charge < -0.3 is 13.9 Å². The Labute approximate surface area is 146 Å². The fourth-order valence-electron chi connectivity index (χ4n) is 2.35. The molecule has 5 nitrogen and oxygen atoms in total. The van der Waals surface area contributed by atoms with E-state index in [4.69, 9.17) is 13.9 Å². The molecule has 0 fully saturated rings. The zero-order valence-electron chi connectivity index (χ0n) is 14.9. The average Bonchev–Trinajstić information content (AvgIpc) is 2.57. The topological polar surface area (TPSA) is 65.7 Å². The fraction of sp³-hybridized carbons (Fsp3) is 0.300. The zero-order chi connectivity index (χ0) is 18.4. The maximum atomic E-state index is 11.6. The number of ether oxygens (including phenoxy) is 2. The van der Waals surface area contributed by atoms with Crippen LogP contribution in [0.3, 0.4) is 0 Å². The molecule has 0 amide bonds. The number of carbonyl (C=O) groups is 1. The van der Waals surface area contributed by atoms with Crippen LogP contribution in [0.2, 0.25) is 0 Å². The van der Waals surface area contributed by atoms with Crippen LogP contribution < -0.4 is 10.4 Å². The van der Waals surface area contributed by atoms with Crippen molar-refractivity contribution in [2.45, 2.75) is 27.2 Å². The lowest BCUT2D eigenvalue weighted by Gasteiger charge is -2.10. The molecule has 0 saturated carbocycles. The lowest BCUT2D eigenvalue weighted by Crippen LogP contribution is -2.04. The van der Waals surface area contributed by atoms with E-state index in [2.05, 4.69) is 0 Å². The molecule has 5 heteroatoms. The number of esters is 1. The third-order valence-corrected chi connectivity index (χ3v) is 3.57. The first-order valence-corrected chi connectivity index (χ1v) is 7.97. The van der Waals surface area contributed by atoms with Crippen LogP contribution in [0.4, 0.5) is 0 Å². The van der Waals surface area contributed by atoms with Gasteiger partial charge in [-0.3, -0.25) is 0 Å². The minimum absolute atomic E-state index is 0.208. The summed E-state index contributed by atoms with van der Waals surface area (Å²) in [5, 5.41) is 0.830. The van der Waals surface area contributed by atoms with Gasteiger partial charge in [0.2, 0.25) is 0 Å². The highest BCUT2D eigenvalue weighted by molar-refractivity contribution is 5.83. The number of hydrogen-bond acceptors (Lipinski definition) is 5. The summed E-state index contributed by atoms with van der Waals surface area (Å²) in [7, 11) is 1.57. The molecule has 2 rings (SSSR count). The summed E-state index contributed by atoms with van der Waals surface area (Å²) >= 11 is 0. The van der Waals surface area contributed by atoms with Crippen molar-refractivity contribution in [1.29, 1.82) is 0 Å². The number of methoxy groups -OCH3 is 1. The van der Waals surface area contributed by atoms with Gasteiger partial charge in [-0.25, -0.2) is 9.59 Å². The van der Waals surface area contributed by atoms with Gasteiger partial charge in [-0.1, -0.05) is 11.6 Å². The smallest absolute Gasteiger partial charge is 0.336 e. The molecule has 1 heterocycles. The second kappa shape index (κ2) is 8.33. The summed E-state index contributed by atoms with van der Waals surface area (Å²) < 4.78 is 15.9. The van der Waals surface area contributed by atoms with Crippen molar-refractivity contribution < 1.29 is 18.7 Å². The van der Waals surface area contributed by atoms with Gasteiger partial charge in [0.05, 0.1) is 7.11 Å². The van der Waals surface area contributed by atoms with Gasteiger partial charge in [0.1, 0.15) is 17.9 Å². The van der Waals surface area contributed by atoms with E-state index in [1.807, 2.05) is 39.0 Å². The maximum Gasteiger partial charge on any atom is 0.336 e. The predicted octanol–water partition coefficient (Wildman–Crippen LogP) is 3.80. The lowest BCUT2D eigenvalue weighted by molar-refractivity contribution is -0.136. The second-order valence-corrected chi connectivity index (χ2v) is 6.00. The highest BCUT2D eigenvalue weighted by Crippen LogP contribution is 2.28. The Hall–Kier alpha value is -2.82. The van der Waals surface area contributed by atoms with E-state index in [1.165, 1.54) is 12.1 Å². The molecule has 0 spiro atoms. The quantitative estimate of drug-likeness (QED) is 0.346. The van der Waals surface area contributed by atoms with E-state index in [9.17, 15) is 9.59 Å². The van der Waals surface area contributed by atoms with Gasteiger partial charge in [-0.05, 0) is 51.0 Å². The molecule has 0 aliphatic heterocycles. The molecule has 0 aliphatic carbocycles. The van der Waals surface area contributed by atoms with Crippen LogP contribution in [-0.2, 0) is 16.0 Å². The number of fused-ring (bicyclic) bond motifs is 1. The van der Waals surface area contributed by atoms with E-state index in [0.29, 0.717) is 17.8 Å². The summed E-state index contributed by atoms with van der Waals surface area (Å²) in [6, 6.07) is 6.80. The van der Waals surface area contributed by atoms with Crippen molar-refractivity contribution >= 4 is 16.9 Å². The lowest BCUT2D eigenvalue weighted by atomic mass is 10.1. The van der Waals surface area contributed by atoms with Crippen LogP contribution in [0, 0.1) is 0 Å². The van der Waals surface area contributed by atoms with Gasteiger partial charge in [0, 0.05) is 23.1 Å². The number of rotatable bonds is 6. The molecular formula is C20H22O5. The number of benzene rings is 1. The van der Waals surface area contributed by atoms with Crippen molar-refractivity contribution in [3.8, 4) is 5.75 Å². The molecule has 0 N–H and O–H groups in total. The highest BCUT2D eigenvalue weighted by atomic mass is 16.5. The molecular weight excluding hydrogens is 320 g/mol. The van der Waals surface area contributed by atoms with Crippen LogP contribution in [0.15, 0.2) is 56.8 Å². The molecule has 0 bridgehead atoms.